The molecule has 0 bridgehead atoms. The summed E-state index contributed by atoms with van der Waals surface area (Å²) >= 11 is 0. The van der Waals surface area contributed by atoms with Crippen LogP contribution in [0.5, 0.6) is 0 Å². The van der Waals surface area contributed by atoms with Crippen LogP contribution in [0.25, 0.3) is 0 Å². The van der Waals surface area contributed by atoms with Gasteiger partial charge in [0.1, 0.15) is 6.54 Å². The molecule has 0 spiro atoms. The molecule has 1 aromatic carbocycles. The molecule has 0 saturated carbocycles. The van der Waals surface area contributed by atoms with Gasteiger partial charge in [0.05, 0.1) is 11.5 Å². The SMILES string of the molecule is CCOC(=O)CN(CC(C)C)S(=O)(=O)c1ccc(N)cc1. The number of esters is 1. The number of hydrogen-bond acceptors (Lipinski definition) is 5. The molecule has 0 radical (unpaired) electrons. The molecule has 118 valence electrons. The number of nitrogens with two attached hydrogens (primary N) is 1. The number of benzene rings is 1. The first-order valence-corrected chi connectivity index (χ1v) is 8.22. The number of nitrogens with zero attached hydrogens (tertiary/aromatic N) is 1. The van der Waals surface area contributed by atoms with Gasteiger partial charge in [-0.1, -0.05) is 13.8 Å². The Morgan fingerprint density at radius 2 is 1.86 bits per heavy atom. The maximum Gasteiger partial charge on any atom is 0.321 e. The normalized spacial score (nSPS) is 11.9. The Labute approximate surface area is 125 Å². The molecule has 7 heteroatoms. The average molecular weight is 314 g/mol. The number of ether oxygens (including phenoxy) is 1. The highest BCUT2D eigenvalue weighted by atomic mass is 32.2. The lowest BCUT2D eigenvalue weighted by Gasteiger charge is -2.23. The molecule has 0 saturated heterocycles. The van der Waals surface area contributed by atoms with Crippen molar-refractivity contribution in [2.75, 3.05) is 25.4 Å². The van der Waals surface area contributed by atoms with Gasteiger partial charge in [0.25, 0.3) is 0 Å². The van der Waals surface area contributed by atoms with E-state index in [1.54, 1.807) is 6.92 Å². The summed E-state index contributed by atoms with van der Waals surface area (Å²) in [5.41, 5.74) is 6.05. The van der Waals surface area contributed by atoms with Gasteiger partial charge in [0.2, 0.25) is 10.0 Å². The molecule has 0 aliphatic carbocycles. The molecule has 1 rings (SSSR count). The van der Waals surface area contributed by atoms with Gasteiger partial charge in [0, 0.05) is 12.2 Å². The summed E-state index contributed by atoms with van der Waals surface area (Å²) in [6, 6.07) is 5.90. The van der Waals surface area contributed by atoms with Crippen LogP contribution in [-0.2, 0) is 19.6 Å². The largest absolute Gasteiger partial charge is 0.465 e. The summed E-state index contributed by atoms with van der Waals surface area (Å²) in [4.78, 5) is 11.7. The van der Waals surface area contributed by atoms with Crippen LogP contribution in [0.15, 0.2) is 29.2 Å². The predicted octanol–water partition coefficient (Wildman–Crippen LogP) is 1.48. The van der Waals surface area contributed by atoms with Crippen LogP contribution in [0.4, 0.5) is 5.69 Å². The van der Waals surface area contributed by atoms with Crippen molar-refractivity contribution in [2.45, 2.75) is 25.7 Å². The van der Waals surface area contributed by atoms with E-state index in [2.05, 4.69) is 0 Å². The molecule has 2 N–H and O–H groups in total. The van der Waals surface area contributed by atoms with Gasteiger partial charge in [-0.25, -0.2) is 8.42 Å². The third-order valence-corrected chi connectivity index (χ3v) is 4.52. The van der Waals surface area contributed by atoms with E-state index in [4.69, 9.17) is 10.5 Å². The van der Waals surface area contributed by atoms with Crippen molar-refractivity contribution in [3.05, 3.63) is 24.3 Å². The summed E-state index contributed by atoms with van der Waals surface area (Å²) in [5.74, 6) is -0.472. The van der Waals surface area contributed by atoms with E-state index in [-0.39, 0.29) is 30.5 Å². The van der Waals surface area contributed by atoms with Gasteiger partial charge in [-0.2, -0.15) is 4.31 Å². The average Bonchev–Trinajstić information content (AvgIpc) is 2.38. The zero-order chi connectivity index (χ0) is 16.0. The molecule has 21 heavy (non-hydrogen) atoms. The standard InChI is InChI=1S/C14H22N2O4S/c1-4-20-14(17)10-16(9-11(2)3)21(18,19)13-7-5-12(15)6-8-13/h5-8,11H,4,9-10,15H2,1-3H3. The van der Waals surface area contributed by atoms with Crippen LogP contribution in [0.2, 0.25) is 0 Å². The fourth-order valence-electron chi connectivity index (χ4n) is 1.79. The fraction of sp³-hybridized carbons (Fsp3) is 0.500. The number of hydrogen-bond donors (Lipinski definition) is 1. The molecule has 0 fully saturated rings. The summed E-state index contributed by atoms with van der Waals surface area (Å²) in [7, 11) is -3.75. The quantitative estimate of drug-likeness (QED) is 0.608. The zero-order valence-electron chi connectivity index (χ0n) is 12.6. The molecule has 0 aliphatic heterocycles. The van der Waals surface area contributed by atoms with Gasteiger partial charge in [0.15, 0.2) is 0 Å². The second-order valence-corrected chi connectivity index (χ2v) is 7.00. The van der Waals surface area contributed by atoms with E-state index in [1.165, 1.54) is 24.3 Å². The van der Waals surface area contributed by atoms with Crippen LogP contribution in [0, 0.1) is 5.92 Å². The molecule has 0 heterocycles. The van der Waals surface area contributed by atoms with Gasteiger partial charge in [-0.15, -0.1) is 0 Å². The Kier molecular flexibility index (Phi) is 6.17. The number of carbonyl (C=O) groups excluding carboxylic acids is 1. The monoisotopic (exact) mass is 314 g/mol. The number of sulfonamides is 1. The number of nitrogen functional groups attached to an aromatic ring is 1. The highest BCUT2D eigenvalue weighted by Crippen LogP contribution is 2.18. The highest BCUT2D eigenvalue weighted by Gasteiger charge is 2.27. The Balaban J connectivity index is 3.05. The van der Waals surface area contributed by atoms with Crippen molar-refractivity contribution in [3.63, 3.8) is 0 Å². The van der Waals surface area contributed by atoms with Crippen molar-refractivity contribution in [1.82, 2.24) is 4.31 Å². The van der Waals surface area contributed by atoms with Crippen LogP contribution < -0.4 is 5.73 Å². The Morgan fingerprint density at radius 1 is 1.29 bits per heavy atom. The third kappa shape index (κ3) is 5.02. The van der Waals surface area contributed by atoms with Gasteiger partial charge in [-0.3, -0.25) is 4.79 Å². The van der Waals surface area contributed by atoms with Gasteiger partial charge in [-0.05, 0) is 37.1 Å². The zero-order valence-corrected chi connectivity index (χ0v) is 13.4. The van der Waals surface area contributed by atoms with E-state index >= 15 is 0 Å². The number of rotatable bonds is 7. The summed E-state index contributed by atoms with van der Waals surface area (Å²) in [5, 5.41) is 0. The predicted molar refractivity (Wildman–Crippen MR) is 81.1 cm³/mol. The maximum atomic E-state index is 12.6. The Hall–Kier alpha value is -1.60. The first-order valence-electron chi connectivity index (χ1n) is 6.78. The summed E-state index contributed by atoms with van der Waals surface area (Å²) < 4.78 is 31.2. The minimum atomic E-state index is -3.75. The lowest BCUT2D eigenvalue weighted by Crippen LogP contribution is -2.38. The van der Waals surface area contributed by atoms with Crippen LogP contribution >= 0.6 is 0 Å². The molecule has 0 aliphatic rings. The van der Waals surface area contributed by atoms with E-state index in [1.807, 2.05) is 13.8 Å². The van der Waals surface area contributed by atoms with Crippen LogP contribution in [0.1, 0.15) is 20.8 Å². The fourth-order valence-corrected chi connectivity index (χ4v) is 3.34. The second-order valence-electron chi connectivity index (χ2n) is 5.07. The molecule has 0 atom stereocenters. The minimum absolute atomic E-state index is 0.0861. The van der Waals surface area contributed by atoms with Crippen molar-refractivity contribution in [1.29, 1.82) is 0 Å². The first-order chi connectivity index (χ1) is 9.77. The van der Waals surface area contributed by atoms with Crippen LogP contribution in [0.3, 0.4) is 0 Å². The van der Waals surface area contributed by atoms with Crippen molar-refractivity contribution < 1.29 is 17.9 Å². The molecule has 0 unspecified atom stereocenters. The lowest BCUT2D eigenvalue weighted by molar-refractivity contribution is -0.143. The molecule has 6 nitrogen and oxygen atoms in total. The molecular weight excluding hydrogens is 292 g/mol. The second kappa shape index (κ2) is 7.42. The molecule has 0 amide bonds. The Bertz CT molecular complexity index is 567. The molecule has 1 aromatic rings. The summed E-state index contributed by atoms with van der Waals surface area (Å²) in [6.45, 7) is 5.62. The van der Waals surface area contributed by atoms with Gasteiger partial charge < -0.3 is 10.5 Å². The number of carbonyl (C=O) groups is 1. The van der Waals surface area contributed by atoms with E-state index in [0.29, 0.717) is 5.69 Å². The van der Waals surface area contributed by atoms with E-state index in [9.17, 15) is 13.2 Å². The van der Waals surface area contributed by atoms with Crippen molar-refractivity contribution in [2.24, 2.45) is 5.92 Å². The van der Waals surface area contributed by atoms with E-state index in [0.717, 1.165) is 4.31 Å². The van der Waals surface area contributed by atoms with E-state index < -0.39 is 16.0 Å². The minimum Gasteiger partial charge on any atom is -0.465 e. The third-order valence-electron chi connectivity index (χ3n) is 2.70. The van der Waals surface area contributed by atoms with Crippen molar-refractivity contribution >= 4 is 21.7 Å². The smallest absolute Gasteiger partial charge is 0.321 e. The maximum absolute atomic E-state index is 12.6. The Morgan fingerprint density at radius 3 is 2.33 bits per heavy atom. The highest BCUT2D eigenvalue weighted by molar-refractivity contribution is 7.89. The molecule has 0 aromatic heterocycles. The topological polar surface area (TPSA) is 89.7 Å². The van der Waals surface area contributed by atoms with Crippen LogP contribution in [-0.4, -0.2) is 38.4 Å². The lowest BCUT2D eigenvalue weighted by atomic mass is 10.2. The summed E-state index contributed by atoms with van der Waals surface area (Å²) in [6.07, 6.45) is 0. The first kappa shape index (κ1) is 17.5. The number of anilines is 1. The molecular formula is C14H22N2O4S. The van der Waals surface area contributed by atoms with Crippen molar-refractivity contribution in [3.8, 4) is 0 Å². The van der Waals surface area contributed by atoms with Gasteiger partial charge >= 0.3 is 5.97 Å².